The number of nitrogens with one attached hydrogen (secondary N) is 1. The van der Waals surface area contributed by atoms with E-state index in [-0.39, 0.29) is 19.1 Å². The maximum atomic E-state index is 11.3. The lowest BCUT2D eigenvalue weighted by Gasteiger charge is -2.08. The van der Waals surface area contributed by atoms with Crippen molar-refractivity contribution in [1.29, 1.82) is 0 Å². The quantitative estimate of drug-likeness (QED) is 0.738. The lowest BCUT2D eigenvalue weighted by Crippen LogP contribution is -2.33. The number of hydrogen-bond acceptors (Lipinski definition) is 5. The van der Waals surface area contributed by atoms with Crippen molar-refractivity contribution in [3.05, 3.63) is 24.3 Å². The molecule has 1 rings (SSSR count). The van der Waals surface area contributed by atoms with Gasteiger partial charge < -0.3 is 19.5 Å². The number of methoxy groups -OCH3 is 1. The molecule has 6 nitrogen and oxygen atoms in total. The Hall–Kier alpha value is -2.24. The molecule has 19 heavy (non-hydrogen) atoms. The first-order valence-electron chi connectivity index (χ1n) is 5.85. The summed E-state index contributed by atoms with van der Waals surface area (Å²) < 4.78 is 14.9. The standard InChI is InChI=1S/C13H17NO5/c1-3-18-10-4-6-11(7-5-10)19-9-12(15)14-8-13(16)17-2/h4-7H,3,8-9H2,1-2H3,(H,14,15). The summed E-state index contributed by atoms with van der Waals surface area (Å²) in [6.07, 6.45) is 0. The Labute approximate surface area is 111 Å². The first-order chi connectivity index (χ1) is 9.15. The maximum absolute atomic E-state index is 11.3. The molecule has 0 aliphatic carbocycles. The van der Waals surface area contributed by atoms with Gasteiger partial charge in [0.05, 0.1) is 13.7 Å². The van der Waals surface area contributed by atoms with E-state index in [0.29, 0.717) is 12.4 Å². The van der Waals surface area contributed by atoms with E-state index in [2.05, 4.69) is 10.1 Å². The Morgan fingerprint density at radius 1 is 1.11 bits per heavy atom. The molecular weight excluding hydrogens is 250 g/mol. The fourth-order valence-electron chi connectivity index (χ4n) is 1.24. The van der Waals surface area contributed by atoms with Crippen LogP contribution in [0.25, 0.3) is 0 Å². The summed E-state index contributed by atoms with van der Waals surface area (Å²) >= 11 is 0. The SMILES string of the molecule is CCOc1ccc(OCC(=O)NCC(=O)OC)cc1. The van der Waals surface area contributed by atoms with Crippen LogP contribution in [0.15, 0.2) is 24.3 Å². The molecule has 0 saturated heterocycles. The number of benzene rings is 1. The number of carbonyl (C=O) groups is 2. The second-order valence-electron chi connectivity index (χ2n) is 3.55. The first-order valence-corrected chi connectivity index (χ1v) is 5.85. The van der Waals surface area contributed by atoms with Crippen LogP contribution in [0.4, 0.5) is 0 Å². The number of ether oxygens (including phenoxy) is 3. The first kappa shape index (κ1) is 14.8. The predicted molar refractivity (Wildman–Crippen MR) is 68.1 cm³/mol. The third-order valence-corrected chi connectivity index (χ3v) is 2.16. The minimum Gasteiger partial charge on any atom is -0.494 e. The van der Waals surface area contributed by atoms with E-state index >= 15 is 0 Å². The molecule has 1 amide bonds. The molecule has 104 valence electrons. The molecule has 1 aromatic rings. The molecule has 0 radical (unpaired) electrons. The third-order valence-electron chi connectivity index (χ3n) is 2.16. The Morgan fingerprint density at radius 3 is 2.21 bits per heavy atom. The van der Waals surface area contributed by atoms with Crippen molar-refractivity contribution < 1.29 is 23.8 Å². The molecule has 0 bridgehead atoms. The molecule has 0 saturated carbocycles. The van der Waals surface area contributed by atoms with Crippen LogP contribution >= 0.6 is 0 Å². The molecule has 0 heterocycles. The minimum atomic E-state index is -0.505. The Kier molecular flexibility index (Phi) is 6.21. The van der Waals surface area contributed by atoms with Crippen LogP contribution in [-0.2, 0) is 14.3 Å². The number of hydrogen-bond donors (Lipinski definition) is 1. The van der Waals surface area contributed by atoms with Gasteiger partial charge >= 0.3 is 5.97 Å². The topological polar surface area (TPSA) is 73.9 Å². The van der Waals surface area contributed by atoms with Crippen molar-refractivity contribution in [2.45, 2.75) is 6.92 Å². The summed E-state index contributed by atoms with van der Waals surface area (Å²) in [4.78, 5) is 22.1. The fraction of sp³-hybridized carbons (Fsp3) is 0.385. The van der Waals surface area contributed by atoms with Crippen LogP contribution in [0, 0.1) is 0 Å². The molecule has 0 spiro atoms. The number of amides is 1. The Balaban J connectivity index is 2.31. The van der Waals surface area contributed by atoms with E-state index < -0.39 is 5.97 Å². The van der Waals surface area contributed by atoms with E-state index in [4.69, 9.17) is 9.47 Å². The van der Waals surface area contributed by atoms with Crippen molar-refractivity contribution >= 4 is 11.9 Å². The molecule has 6 heteroatoms. The second-order valence-corrected chi connectivity index (χ2v) is 3.55. The fourth-order valence-corrected chi connectivity index (χ4v) is 1.24. The van der Waals surface area contributed by atoms with Gasteiger partial charge in [0.2, 0.25) is 0 Å². The number of rotatable bonds is 7. The van der Waals surface area contributed by atoms with Gasteiger partial charge in [0.15, 0.2) is 6.61 Å². The molecule has 0 aromatic heterocycles. The summed E-state index contributed by atoms with van der Waals surface area (Å²) in [5, 5.41) is 2.37. The summed E-state index contributed by atoms with van der Waals surface area (Å²) in [5.74, 6) is 0.398. The van der Waals surface area contributed by atoms with E-state index in [0.717, 1.165) is 5.75 Å². The maximum Gasteiger partial charge on any atom is 0.325 e. The van der Waals surface area contributed by atoms with Crippen molar-refractivity contribution in [2.75, 3.05) is 26.9 Å². The Morgan fingerprint density at radius 2 is 1.68 bits per heavy atom. The van der Waals surface area contributed by atoms with E-state index in [1.54, 1.807) is 24.3 Å². The molecule has 0 fully saturated rings. The third kappa shape index (κ3) is 5.76. The number of esters is 1. The van der Waals surface area contributed by atoms with Gasteiger partial charge in [-0.25, -0.2) is 0 Å². The van der Waals surface area contributed by atoms with Crippen LogP contribution in [-0.4, -0.2) is 38.7 Å². The van der Waals surface area contributed by atoms with Crippen LogP contribution in [0.1, 0.15) is 6.92 Å². The largest absolute Gasteiger partial charge is 0.494 e. The highest BCUT2D eigenvalue weighted by Gasteiger charge is 2.06. The predicted octanol–water partition coefficient (Wildman–Crippen LogP) is 0.753. The van der Waals surface area contributed by atoms with Gasteiger partial charge in [-0.1, -0.05) is 0 Å². The van der Waals surface area contributed by atoms with Crippen molar-refractivity contribution in [3.63, 3.8) is 0 Å². The zero-order valence-electron chi connectivity index (χ0n) is 11.0. The van der Waals surface area contributed by atoms with E-state index in [1.807, 2.05) is 6.92 Å². The van der Waals surface area contributed by atoms with Crippen molar-refractivity contribution in [1.82, 2.24) is 5.32 Å². The summed E-state index contributed by atoms with van der Waals surface area (Å²) in [6.45, 7) is 2.17. The monoisotopic (exact) mass is 267 g/mol. The lowest BCUT2D eigenvalue weighted by atomic mass is 10.3. The zero-order chi connectivity index (χ0) is 14.1. The van der Waals surface area contributed by atoms with Gasteiger partial charge in [-0.2, -0.15) is 0 Å². The summed E-state index contributed by atoms with van der Waals surface area (Å²) in [6, 6.07) is 6.92. The van der Waals surface area contributed by atoms with Crippen LogP contribution in [0.5, 0.6) is 11.5 Å². The Bertz CT molecular complexity index is 416. The normalized spacial score (nSPS) is 9.58. The highest BCUT2D eigenvalue weighted by atomic mass is 16.5. The van der Waals surface area contributed by atoms with Crippen LogP contribution in [0.3, 0.4) is 0 Å². The van der Waals surface area contributed by atoms with Gasteiger partial charge in [-0.05, 0) is 31.2 Å². The van der Waals surface area contributed by atoms with Crippen molar-refractivity contribution in [3.8, 4) is 11.5 Å². The van der Waals surface area contributed by atoms with Gasteiger partial charge in [0.25, 0.3) is 5.91 Å². The average molecular weight is 267 g/mol. The minimum absolute atomic E-state index is 0.162. The summed E-state index contributed by atoms with van der Waals surface area (Å²) in [7, 11) is 1.25. The molecule has 0 aliphatic rings. The van der Waals surface area contributed by atoms with Crippen LogP contribution < -0.4 is 14.8 Å². The van der Waals surface area contributed by atoms with E-state index in [9.17, 15) is 9.59 Å². The van der Waals surface area contributed by atoms with Gasteiger partial charge in [-0.3, -0.25) is 9.59 Å². The molecule has 1 N–H and O–H groups in total. The zero-order valence-corrected chi connectivity index (χ0v) is 11.0. The van der Waals surface area contributed by atoms with Crippen molar-refractivity contribution in [2.24, 2.45) is 0 Å². The molecule has 0 atom stereocenters. The van der Waals surface area contributed by atoms with Gasteiger partial charge in [0.1, 0.15) is 18.0 Å². The average Bonchev–Trinajstić information content (AvgIpc) is 2.44. The highest BCUT2D eigenvalue weighted by molar-refractivity contribution is 5.82. The second kappa shape index (κ2) is 7.97. The highest BCUT2D eigenvalue weighted by Crippen LogP contribution is 2.17. The van der Waals surface area contributed by atoms with E-state index in [1.165, 1.54) is 7.11 Å². The lowest BCUT2D eigenvalue weighted by molar-refractivity contribution is -0.141. The smallest absolute Gasteiger partial charge is 0.325 e. The molecular formula is C13H17NO5. The molecule has 0 unspecified atom stereocenters. The van der Waals surface area contributed by atoms with Crippen LogP contribution in [0.2, 0.25) is 0 Å². The van der Waals surface area contributed by atoms with Gasteiger partial charge in [0, 0.05) is 0 Å². The summed E-state index contributed by atoms with van der Waals surface area (Å²) in [5.41, 5.74) is 0. The number of carbonyl (C=O) groups excluding carboxylic acids is 2. The van der Waals surface area contributed by atoms with Gasteiger partial charge in [-0.15, -0.1) is 0 Å². The molecule has 0 aliphatic heterocycles. The molecule has 1 aromatic carbocycles.